The molecule has 1 heterocycles. The molecule has 0 aliphatic rings. The Kier molecular flexibility index (Phi) is 3.21. The fourth-order valence-electron chi connectivity index (χ4n) is 1.23. The van der Waals surface area contributed by atoms with Gasteiger partial charge in [0.05, 0.1) is 10.4 Å². The average molecular weight is 252 g/mol. The zero-order valence-electron chi connectivity index (χ0n) is 8.58. The molecule has 0 aliphatic heterocycles. The van der Waals surface area contributed by atoms with Crippen molar-refractivity contribution in [2.45, 2.75) is 6.18 Å². The topological polar surface area (TPSA) is 0 Å². The first-order valence-corrected chi connectivity index (χ1v) is 5.66. The molecule has 0 fully saturated rings. The summed E-state index contributed by atoms with van der Waals surface area (Å²) in [5.41, 5.74) is -0.0782. The van der Waals surface area contributed by atoms with Crippen LogP contribution in [0.15, 0.2) is 41.8 Å². The number of halogens is 3. The number of hydrogen-bond acceptors (Lipinski definition) is 1. The second kappa shape index (κ2) is 4.64. The van der Waals surface area contributed by atoms with Crippen LogP contribution in [0.25, 0.3) is 0 Å². The van der Waals surface area contributed by atoms with E-state index in [2.05, 4.69) is 11.8 Å². The number of hydrogen-bond donors (Lipinski definition) is 0. The molecule has 4 heteroatoms. The molecule has 1 aromatic carbocycles. The van der Waals surface area contributed by atoms with Gasteiger partial charge in [-0.3, -0.25) is 0 Å². The molecule has 2 aromatic rings. The van der Waals surface area contributed by atoms with Gasteiger partial charge in [0.25, 0.3) is 0 Å². The molecule has 0 atom stereocenters. The maximum Gasteiger partial charge on any atom is 0.416 e. The summed E-state index contributed by atoms with van der Waals surface area (Å²) in [6.45, 7) is 0. The molecule has 0 N–H and O–H groups in total. The Bertz CT molecular complexity index is 539. The molecule has 0 unspecified atom stereocenters. The summed E-state index contributed by atoms with van der Waals surface area (Å²) in [4.78, 5) is 0.893. The summed E-state index contributed by atoms with van der Waals surface area (Å²) in [5.74, 6) is 5.71. The average Bonchev–Trinajstić information content (AvgIpc) is 2.78. The van der Waals surface area contributed by atoms with Crippen molar-refractivity contribution in [3.8, 4) is 11.8 Å². The van der Waals surface area contributed by atoms with Crippen LogP contribution in [-0.4, -0.2) is 0 Å². The standard InChI is InChI=1S/C13H7F3S/c14-13(15,16)11-6-3-10(4-7-11)5-8-12-2-1-9-17-12/h1-4,6-7,9H. The molecule has 1 aromatic heterocycles. The summed E-state index contributed by atoms with van der Waals surface area (Å²) in [6.07, 6.45) is -4.29. The van der Waals surface area contributed by atoms with Crippen LogP contribution in [-0.2, 0) is 6.18 Å². The molecule has 0 bridgehead atoms. The zero-order valence-corrected chi connectivity index (χ0v) is 9.40. The van der Waals surface area contributed by atoms with Crippen molar-refractivity contribution in [3.05, 3.63) is 57.8 Å². The fraction of sp³-hybridized carbons (Fsp3) is 0.0769. The molecular weight excluding hydrogens is 245 g/mol. The van der Waals surface area contributed by atoms with Crippen molar-refractivity contribution in [3.63, 3.8) is 0 Å². The minimum atomic E-state index is -4.29. The molecule has 17 heavy (non-hydrogen) atoms. The quantitative estimate of drug-likeness (QED) is 0.617. The van der Waals surface area contributed by atoms with Crippen molar-refractivity contribution >= 4 is 11.3 Å². The van der Waals surface area contributed by atoms with E-state index in [0.717, 1.165) is 17.0 Å². The molecule has 2 rings (SSSR count). The van der Waals surface area contributed by atoms with Crippen LogP contribution >= 0.6 is 11.3 Å². The third kappa shape index (κ3) is 3.11. The Morgan fingerprint density at radius 2 is 1.65 bits per heavy atom. The SMILES string of the molecule is FC(F)(F)c1ccc(C#Cc2cccs2)cc1. The maximum absolute atomic E-state index is 12.3. The van der Waals surface area contributed by atoms with Gasteiger partial charge in [-0.05, 0) is 35.7 Å². The predicted octanol–water partition coefficient (Wildman–Crippen LogP) is 4.17. The Morgan fingerprint density at radius 3 is 2.18 bits per heavy atom. The van der Waals surface area contributed by atoms with Crippen LogP contribution in [0, 0.1) is 11.8 Å². The zero-order chi connectivity index (χ0) is 12.3. The highest BCUT2D eigenvalue weighted by atomic mass is 32.1. The Hall–Kier alpha value is -1.73. The van der Waals surface area contributed by atoms with Gasteiger partial charge in [0.15, 0.2) is 0 Å². The number of benzene rings is 1. The smallest absolute Gasteiger partial charge is 0.166 e. The minimum Gasteiger partial charge on any atom is -0.166 e. The molecule has 0 saturated carbocycles. The van der Waals surface area contributed by atoms with Crippen LogP contribution < -0.4 is 0 Å². The summed E-state index contributed by atoms with van der Waals surface area (Å²) >= 11 is 1.50. The van der Waals surface area contributed by atoms with Gasteiger partial charge >= 0.3 is 6.18 Å². The lowest BCUT2D eigenvalue weighted by atomic mass is 10.1. The molecule has 0 spiro atoms. The Labute approximate surface area is 101 Å². The molecule has 86 valence electrons. The summed E-state index contributed by atoms with van der Waals surface area (Å²) in [6, 6.07) is 8.58. The highest BCUT2D eigenvalue weighted by molar-refractivity contribution is 7.10. The Morgan fingerprint density at radius 1 is 0.941 bits per heavy atom. The third-order valence-corrected chi connectivity index (χ3v) is 2.85. The van der Waals surface area contributed by atoms with Gasteiger partial charge in [-0.1, -0.05) is 17.9 Å². The van der Waals surface area contributed by atoms with Gasteiger partial charge in [-0.15, -0.1) is 11.3 Å². The summed E-state index contributed by atoms with van der Waals surface area (Å²) < 4.78 is 36.9. The summed E-state index contributed by atoms with van der Waals surface area (Å²) in [7, 11) is 0. The predicted molar refractivity (Wildman–Crippen MR) is 61.7 cm³/mol. The lowest BCUT2D eigenvalue weighted by Crippen LogP contribution is -2.04. The normalized spacial score (nSPS) is 10.8. The molecular formula is C13H7F3S. The van der Waals surface area contributed by atoms with Gasteiger partial charge in [-0.25, -0.2) is 0 Å². The van der Waals surface area contributed by atoms with E-state index in [1.165, 1.54) is 23.5 Å². The fourth-order valence-corrected chi connectivity index (χ4v) is 1.80. The molecule has 0 saturated heterocycles. The van der Waals surface area contributed by atoms with E-state index < -0.39 is 11.7 Å². The van der Waals surface area contributed by atoms with Gasteiger partial charge in [0, 0.05) is 5.56 Å². The van der Waals surface area contributed by atoms with Gasteiger partial charge < -0.3 is 0 Å². The van der Waals surface area contributed by atoms with Crippen LogP contribution in [0.4, 0.5) is 13.2 Å². The van der Waals surface area contributed by atoms with Crippen molar-refractivity contribution in [2.24, 2.45) is 0 Å². The molecule has 0 aliphatic carbocycles. The second-order valence-electron chi connectivity index (χ2n) is 3.30. The van der Waals surface area contributed by atoms with E-state index >= 15 is 0 Å². The van der Waals surface area contributed by atoms with Crippen LogP contribution in [0.1, 0.15) is 16.0 Å². The monoisotopic (exact) mass is 252 g/mol. The maximum atomic E-state index is 12.3. The number of alkyl halides is 3. The van der Waals surface area contributed by atoms with E-state index in [-0.39, 0.29) is 0 Å². The van der Waals surface area contributed by atoms with E-state index in [9.17, 15) is 13.2 Å². The molecule has 0 nitrogen and oxygen atoms in total. The Balaban J connectivity index is 2.19. The van der Waals surface area contributed by atoms with Gasteiger partial charge in [0.2, 0.25) is 0 Å². The highest BCUT2D eigenvalue weighted by Gasteiger charge is 2.29. The number of thiophene rings is 1. The lowest BCUT2D eigenvalue weighted by molar-refractivity contribution is -0.137. The van der Waals surface area contributed by atoms with E-state index in [4.69, 9.17) is 0 Å². The van der Waals surface area contributed by atoms with Crippen molar-refractivity contribution in [2.75, 3.05) is 0 Å². The van der Waals surface area contributed by atoms with Gasteiger partial charge in [0.1, 0.15) is 0 Å². The molecule has 0 radical (unpaired) electrons. The highest BCUT2D eigenvalue weighted by Crippen LogP contribution is 2.28. The van der Waals surface area contributed by atoms with Crippen molar-refractivity contribution in [1.29, 1.82) is 0 Å². The third-order valence-electron chi connectivity index (χ3n) is 2.06. The first-order valence-electron chi connectivity index (χ1n) is 4.78. The van der Waals surface area contributed by atoms with Crippen LogP contribution in [0.5, 0.6) is 0 Å². The number of rotatable bonds is 0. The minimum absolute atomic E-state index is 0.575. The first-order chi connectivity index (χ1) is 8.05. The van der Waals surface area contributed by atoms with E-state index in [1.807, 2.05) is 17.5 Å². The van der Waals surface area contributed by atoms with Crippen LogP contribution in [0.2, 0.25) is 0 Å². The van der Waals surface area contributed by atoms with Crippen molar-refractivity contribution < 1.29 is 13.2 Å². The van der Waals surface area contributed by atoms with Crippen molar-refractivity contribution in [1.82, 2.24) is 0 Å². The first kappa shape index (κ1) is 11.7. The second-order valence-corrected chi connectivity index (χ2v) is 4.25. The van der Waals surface area contributed by atoms with Crippen LogP contribution in [0.3, 0.4) is 0 Å². The lowest BCUT2D eigenvalue weighted by Gasteiger charge is -2.05. The molecule has 0 amide bonds. The summed E-state index contributed by atoms with van der Waals surface area (Å²) in [5, 5.41) is 1.90. The largest absolute Gasteiger partial charge is 0.416 e. The van der Waals surface area contributed by atoms with E-state index in [0.29, 0.717) is 5.56 Å². The van der Waals surface area contributed by atoms with E-state index in [1.54, 1.807) is 0 Å². The van der Waals surface area contributed by atoms with Gasteiger partial charge in [-0.2, -0.15) is 13.2 Å².